The predicted molar refractivity (Wildman–Crippen MR) is 249 cm³/mol. The second kappa shape index (κ2) is 24.3. The number of H-pyrrole nitrogens is 2. The zero-order valence-corrected chi connectivity index (χ0v) is 38.1. The number of hydrogen-bond acceptors (Lipinski definition) is 11. The number of phosphoric acid groups is 1. The Morgan fingerprint density at radius 3 is 1.84 bits per heavy atom. The lowest BCUT2D eigenvalue weighted by atomic mass is 10.0. The monoisotopic (exact) mass is 965 g/mol. The van der Waals surface area contributed by atoms with Crippen molar-refractivity contribution in [2.75, 3.05) is 6.61 Å². The summed E-state index contributed by atoms with van der Waals surface area (Å²) in [7, 11) is -4.92. The van der Waals surface area contributed by atoms with Gasteiger partial charge in [0.2, 0.25) is 29.5 Å². The summed E-state index contributed by atoms with van der Waals surface area (Å²) in [6.07, 6.45) is 3.13. The number of amides is 6. The molecule has 0 radical (unpaired) electrons. The molecule has 0 aliphatic carbocycles. The second-order valence-corrected chi connectivity index (χ2v) is 17.0. The minimum atomic E-state index is -4.92. The number of nitrogens with two attached hydrogens (primary N) is 1. The van der Waals surface area contributed by atoms with Crippen LogP contribution in [0.5, 0.6) is 5.75 Å². The van der Waals surface area contributed by atoms with Crippen molar-refractivity contribution in [3.8, 4) is 5.75 Å². The van der Waals surface area contributed by atoms with Crippen LogP contribution in [-0.4, -0.2) is 97.2 Å². The number of phosphoric ester groups is 1. The molecule has 0 saturated carbocycles. The molecule has 6 amide bonds. The number of imidazole rings is 1. The van der Waals surface area contributed by atoms with Gasteiger partial charge in [0.1, 0.15) is 42.6 Å². The van der Waals surface area contributed by atoms with Crippen molar-refractivity contribution in [2.45, 2.75) is 69.6 Å². The third kappa shape index (κ3) is 15.9. The Morgan fingerprint density at radius 1 is 0.652 bits per heavy atom. The molecule has 4 aromatic carbocycles. The van der Waals surface area contributed by atoms with Gasteiger partial charge in [0, 0.05) is 48.3 Å². The van der Waals surface area contributed by atoms with Crippen LogP contribution in [0.2, 0.25) is 0 Å². The van der Waals surface area contributed by atoms with E-state index in [0.717, 1.165) is 16.5 Å². The van der Waals surface area contributed by atoms with Gasteiger partial charge in [-0.1, -0.05) is 91.0 Å². The molecule has 0 spiro atoms. The highest BCUT2D eigenvalue weighted by atomic mass is 31.2. The highest BCUT2D eigenvalue weighted by Gasteiger charge is 2.33. The predicted octanol–water partition coefficient (Wildman–Crippen LogP) is 2.35. The standard InChI is InChI=1S/C47H52N9O12P/c1-29(42(48)57)52-43(58)39(21-33-23-50-37-15-9-8-14-36(33)37)54-46(61)41(27-66-25-31-10-4-2-5-11-31)55-44(59)38(20-30-16-18-35(19-17-30)68-69(63,64)65)53-45(60)40(22-34-24-49-28-51-34)56-47(62)67-26-32-12-6-3-7-13-32/h2-19,23-24,28-29,38-41,50H,20-22,25-27H2,1H3,(H2,48,57)(H,49,51)(H,52,58)(H,53,60)(H,54,61)(H,55,59)(H,56,62)(H2,63,64,65)/t29-,38+,39+,40+,41+/m0/s1. The number of alkyl carbamates (subject to hydrolysis) is 1. The fourth-order valence-electron chi connectivity index (χ4n) is 6.98. The number of nitrogens with one attached hydrogen (secondary N) is 7. The number of carbonyl (C=O) groups excluding carboxylic acids is 6. The maximum atomic E-state index is 14.6. The van der Waals surface area contributed by atoms with Crippen LogP contribution in [0.25, 0.3) is 10.9 Å². The first-order valence-corrected chi connectivity index (χ1v) is 23.1. The number of carbonyl (C=O) groups is 6. The van der Waals surface area contributed by atoms with E-state index in [1.54, 1.807) is 60.8 Å². The van der Waals surface area contributed by atoms with E-state index < -0.39 is 80.3 Å². The van der Waals surface area contributed by atoms with Crippen LogP contribution in [0, 0.1) is 0 Å². The van der Waals surface area contributed by atoms with E-state index in [2.05, 4.69) is 46.1 Å². The number of hydrogen-bond donors (Lipinski definition) is 10. The molecule has 11 N–H and O–H groups in total. The Labute approximate surface area is 395 Å². The van der Waals surface area contributed by atoms with Crippen molar-refractivity contribution in [1.82, 2.24) is 41.5 Å². The Balaban J connectivity index is 1.28. The highest BCUT2D eigenvalue weighted by molar-refractivity contribution is 7.46. The van der Waals surface area contributed by atoms with Crippen molar-refractivity contribution >= 4 is 54.4 Å². The minimum absolute atomic E-state index is 0.0143. The first-order valence-electron chi connectivity index (χ1n) is 21.6. The first kappa shape index (κ1) is 50.6. The molecule has 69 heavy (non-hydrogen) atoms. The van der Waals surface area contributed by atoms with E-state index in [4.69, 9.17) is 15.2 Å². The Hall–Kier alpha value is -7.84. The number of benzene rings is 4. The van der Waals surface area contributed by atoms with E-state index in [1.807, 2.05) is 30.3 Å². The zero-order chi connectivity index (χ0) is 49.3. The molecule has 0 bridgehead atoms. The summed E-state index contributed by atoms with van der Waals surface area (Å²) in [4.78, 5) is 111. The van der Waals surface area contributed by atoms with E-state index in [9.17, 15) is 43.1 Å². The molecule has 6 rings (SSSR count). The number of fused-ring (bicyclic) bond motifs is 1. The number of primary amides is 1. The molecule has 2 aromatic heterocycles. The van der Waals surface area contributed by atoms with Gasteiger partial charge < -0.3 is 56.3 Å². The lowest BCUT2D eigenvalue weighted by Crippen LogP contribution is -2.60. The highest BCUT2D eigenvalue weighted by Crippen LogP contribution is 2.37. The summed E-state index contributed by atoms with van der Waals surface area (Å²) in [5.41, 5.74) is 9.13. The van der Waals surface area contributed by atoms with Gasteiger partial charge in [0.05, 0.1) is 19.5 Å². The Bertz CT molecular complexity index is 2720. The molecule has 362 valence electrons. The summed E-state index contributed by atoms with van der Waals surface area (Å²) in [6, 6.07) is 23.7. The molecule has 22 heteroatoms. The van der Waals surface area contributed by atoms with Gasteiger partial charge in [-0.05, 0) is 47.4 Å². The first-order chi connectivity index (χ1) is 33.1. The number of nitrogens with zero attached hydrogens (tertiary/aromatic N) is 1. The number of para-hydroxylation sites is 1. The molecule has 0 aliphatic rings. The number of rotatable bonds is 24. The van der Waals surface area contributed by atoms with E-state index in [0.29, 0.717) is 22.4 Å². The van der Waals surface area contributed by atoms with E-state index >= 15 is 0 Å². The smallest absolute Gasteiger partial charge is 0.445 e. The number of ether oxygens (including phenoxy) is 2. The fraction of sp³-hybridized carbons (Fsp3) is 0.255. The second-order valence-electron chi connectivity index (χ2n) is 15.9. The largest absolute Gasteiger partial charge is 0.524 e. The molecular weight excluding hydrogens is 914 g/mol. The van der Waals surface area contributed by atoms with Gasteiger partial charge in [-0.2, -0.15) is 0 Å². The summed E-state index contributed by atoms with van der Waals surface area (Å²) >= 11 is 0. The molecule has 21 nitrogen and oxygen atoms in total. The van der Waals surface area contributed by atoms with Crippen LogP contribution in [-0.2, 0) is 70.5 Å². The molecule has 2 heterocycles. The maximum Gasteiger partial charge on any atom is 0.524 e. The van der Waals surface area contributed by atoms with Gasteiger partial charge >= 0.3 is 13.9 Å². The molecule has 0 aliphatic heterocycles. The van der Waals surface area contributed by atoms with Crippen molar-refractivity contribution in [3.05, 3.63) is 156 Å². The summed E-state index contributed by atoms with van der Waals surface area (Å²) in [6.45, 7) is 0.862. The Kier molecular flexibility index (Phi) is 17.8. The molecular formula is C47H52N9O12P. The van der Waals surface area contributed by atoms with Gasteiger partial charge in [-0.25, -0.2) is 14.3 Å². The van der Waals surface area contributed by atoms with Crippen LogP contribution in [0.1, 0.15) is 34.9 Å². The average molecular weight is 966 g/mol. The molecule has 5 atom stereocenters. The van der Waals surface area contributed by atoms with E-state index in [1.165, 1.54) is 43.7 Å². The normalized spacial score (nSPS) is 13.4. The third-order valence-corrected chi connectivity index (χ3v) is 11.0. The van der Waals surface area contributed by atoms with Crippen molar-refractivity contribution in [3.63, 3.8) is 0 Å². The van der Waals surface area contributed by atoms with Crippen LogP contribution in [0.3, 0.4) is 0 Å². The van der Waals surface area contributed by atoms with Gasteiger partial charge in [0.15, 0.2) is 0 Å². The summed E-state index contributed by atoms with van der Waals surface area (Å²) < 4.78 is 27.5. The summed E-state index contributed by atoms with van der Waals surface area (Å²) in [5.74, 6) is -4.36. The Morgan fingerprint density at radius 2 is 1.22 bits per heavy atom. The van der Waals surface area contributed by atoms with Crippen LogP contribution in [0.15, 0.2) is 128 Å². The lowest BCUT2D eigenvalue weighted by molar-refractivity contribution is -0.135. The number of aromatic amines is 2. The molecule has 6 aromatic rings. The molecule has 0 unspecified atom stereocenters. The average Bonchev–Trinajstić information content (AvgIpc) is 4.00. The van der Waals surface area contributed by atoms with E-state index in [-0.39, 0.29) is 38.2 Å². The van der Waals surface area contributed by atoms with Gasteiger partial charge in [-0.3, -0.25) is 33.8 Å². The number of aromatic nitrogens is 3. The lowest BCUT2D eigenvalue weighted by Gasteiger charge is -2.27. The fourth-order valence-corrected chi connectivity index (χ4v) is 7.38. The minimum Gasteiger partial charge on any atom is -0.445 e. The van der Waals surface area contributed by atoms with Crippen LogP contribution in [0.4, 0.5) is 4.79 Å². The molecule has 0 fully saturated rings. The quantitative estimate of drug-likeness (QED) is 0.0390. The van der Waals surface area contributed by atoms with Gasteiger partial charge in [0.25, 0.3) is 0 Å². The van der Waals surface area contributed by atoms with Gasteiger partial charge in [-0.15, -0.1) is 0 Å². The topological polar surface area (TPSA) is 318 Å². The molecule has 0 saturated heterocycles. The van der Waals surface area contributed by atoms with Crippen molar-refractivity contribution < 1.29 is 57.1 Å². The SMILES string of the molecule is C[C@H](NC(=O)[C@@H](Cc1c[nH]c2ccccc12)NC(=O)[C@@H](COCc1ccccc1)NC(=O)[C@@H](Cc1ccc(OP(=O)(O)O)cc1)NC(=O)[C@@H](Cc1cnc[nH]1)NC(=O)OCc1ccccc1)C(N)=O. The maximum absolute atomic E-state index is 14.6. The van der Waals surface area contributed by atoms with Crippen molar-refractivity contribution in [2.24, 2.45) is 5.73 Å². The van der Waals surface area contributed by atoms with Crippen molar-refractivity contribution in [1.29, 1.82) is 0 Å². The third-order valence-electron chi connectivity index (χ3n) is 10.6. The summed E-state index contributed by atoms with van der Waals surface area (Å²) in [5, 5.41) is 13.9. The van der Waals surface area contributed by atoms with Crippen LogP contribution >= 0.6 is 7.82 Å². The van der Waals surface area contributed by atoms with Crippen LogP contribution < -0.4 is 36.8 Å². The zero-order valence-electron chi connectivity index (χ0n) is 37.2.